The predicted molar refractivity (Wildman–Crippen MR) is 106 cm³/mol. The highest BCUT2D eigenvalue weighted by Crippen LogP contribution is 2.42. The van der Waals surface area contributed by atoms with E-state index in [0.717, 1.165) is 27.9 Å². The standard InChI is InChI=1S/C23H19FN2O2/c1-23(13-14-3-2-4-17(11-14)21(25)27)19-12-16(7-10-20(19)26-22(23)28)15-5-8-18(24)9-6-15/h2-12H,13H2,1H3,(H2,25,27)(H,26,28). The largest absolute Gasteiger partial charge is 0.366 e. The summed E-state index contributed by atoms with van der Waals surface area (Å²) in [6.07, 6.45) is 0.430. The monoisotopic (exact) mass is 374 g/mol. The second kappa shape index (κ2) is 6.60. The van der Waals surface area contributed by atoms with Crippen molar-refractivity contribution in [3.05, 3.63) is 89.2 Å². The number of amides is 2. The molecule has 3 aromatic carbocycles. The number of hydrogen-bond donors (Lipinski definition) is 2. The number of hydrogen-bond acceptors (Lipinski definition) is 2. The second-order valence-corrected chi connectivity index (χ2v) is 7.29. The van der Waals surface area contributed by atoms with Gasteiger partial charge in [-0.25, -0.2) is 4.39 Å². The van der Waals surface area contributed by atoms with Gasteiger partial charge in [0.05, 0.1) is 5.41 Å². The molecular weight excluding hydrogens is 355 g/mol. The van der Waals surface area contributed by atoms with Crippen LogP contribution in [0.1, 0.15) is 28.4 Å². The summed E-state index contributed by atoms with van der Waals surface area (Å²) in [5, 5.41) is 2.94. The van der Waals surface area contributed by atoms with E-state index in [2.05, 4.69) is 5.32 Å². The van der Waals surface area contributed by atoms with Gasteiger partial charge >= 0.3 is 0 Å². The molecule has 4 rings (SSSR count). The molecule has 0 saturated carbocycles. The van der Waals surface area contributed by atoms with Crippen molar-refractivity contribution in [1.29, 1.82) is 0 Å². The summed E-state index contributed by atoms with van der Waals surface area (Å²) >= 11 is 0. The highest BCUT2D eigenvalue weighted by molar-refractivity contribution is 6.06. The minimum Gasteiger partial charge on any atom is -0.366 e. The summed E-state index contributed by atoms with van der Waals surface area (Å²) < 4.78 is 13.2. The van der Waals surface area contributed by atoms with Crippen LogP contribution in [0.4, 0.5) is 10.1 Å². The van der Waals surface area contributed by atoms with Crippen molar-refractivity contribution in [2.24, 2.45) is 5.73 Å². The third-order valence-corrected chi connectivity index (χ3v) is 5.31. The fourth-order valence-corrected chi connectivity index (χ4v) is 3.73. The Bertz CT molecular complexity index is 1090. The van der Waals surface area contributed by atoms with Crippen molar-refractivity contribution in [3.63, 3.8) is 0 Å². The van der Waals surface area contributed by atoms with Crippen molar-refractivity contribution in [3.8, 4) is 11.1 Å². The van der Waals surface area contributed by atoms with Crippen LogP contribution in [0, 0.1) is 5.82 Å². The molecule has 0 fully saturated rings. The van der Waals surface area contributed by atoms with E-state index in [1.165, 1.54) is 12.1 Å². The Labute approximate surface area is 162 Å². The first-order valence-corrected chi connectivity index (χ1v) is 8.97. The van der Waals surface area contributed by atoms with Crippen molar-refractivity contribution >= 4 is 17.5 Å². The van der Waals surface area contributed by atoms with Crippen LogP contribution in [0.15, 0.2) is 66.7 Å². The van der Waals surface area contributed by atoms with Gasteiger partial charge in [0.2, 0.25) is 11.8 Å². The molecule has 1 atom stereocenters. The number of halogens is 1. The van der Waals surface area contributed by atoms with Crippen LogP contribution in [0.3, 0.4) is 0 Å². The number of carbonyl (C=O) groups excluding carboxylic acids is 2. The lowest BCUT2D eigenvalue weighted by molar-refractivity contribution is -0.120. The molecule has 0 aliphatic carbocycles. The lowest BCUT2D eigenvalue weighted by Gasteiger charge is -2.23. The Morgan fingerprint density at radius 2 is 1.75 bits per heavy atom. The van der Waals surface area contributed by atoms with Crippen LogP contribution < -0.4 is 11.1 Å². The molecule has 1 heterocycles. The van der Waals surface area contributed by atoms with Gasteiger partial charge in [0.1, 0.15) is 5.82 Å². The van der Waals surface area contributed by atoms with Gasteiger partial charge in [-0.2, -0.15) is 0 Å². The molecule has 3 aromatic rings. The molecule has 0 bridgehead atoms. The minimum absolute atomic E-state index is 0.0942. The van der Waals surface area contributed by atoms with E-state index in [-0.39, 0.29) is 11.7 Å². The molecule has 0 radical (unpaired) electrons. The van der Waals surface area contributed by atoms with Crippen LogP contribution in [-0.2, 0) is 16.6 Å². The summed E-state index contributed by atoms with van der Waals surface area (Å²) in [4.78, 5) is 24.3. The van der Waals surface area contributed by atoms with Crippen molar-refractivity contribution in [1.82, 2.24) is 0 Å². The third-order valence-electron chi connectivity index (χ3n) is 5.31. The molecule has 1 unspecified atom stereocenters. The lowest BCUT2D eigenvalue weighted by Crippen LogP contribution is -2.33. The van der Waals surface area contributed by atoms with E-state index in [4.69, 9.17) is 5.73 Å². The van der Waals surface area contributed by atoms with E-state index in [9.17, 15) is 14.0 Å². The highest BCUT2D eigenvalue weighted by Gasteiger charge is 2.42. The molecule has 0 aromatic heterocycles. The summed E-state index contributed by atoms with van der Waals surface area (Å²) in [5.41, 5.74) is 9.29. The van der Waals surface area contributed by atoms with Gasteiger partial charge in [-0.1, -0.05) is 30.3 Å². The number of nitrogens with one attached hydrogen (secondary N) is 1. The Balaban J connectivity index is 1.74. The Hall–Kier alpha value is -3.47. The second-order valence-electron chi connectivity index (χ2n) is 7.29. The van der Waals surface area contributed by atoms with Crippen LogP contribution >= 0.6 is 0 Å². The average Bonchev–Trinajstić information content (AvgIpc) is 2.92. The predicted octanol–water partition coefficient (Wildman–Crippen LogP) is 4.04. The van der Waals surface area contributed by atoms with Crippen molar-refractivity contribution < 1.29 is 14.0 Å². The Morgan fingerprint density at radius 3 is 2.46 bits per heavy atom. The normalized spacial score (nSPS) is 17.9. The van der Waals surface area contributed by atoms with Gasteiger partial charge in [0.15, 0.2) is 0 Å². The summed E-state index contributed by atoms with van der Waals surface area (Å²) in [6, 6.07) is 19.0. The van der Waals surface area contributed by atoms with Crippen LogP contribution in [0.25, 0.3) is 11.1 Å². The molecule has 28 heavy (non-hydrogen) atoms. The SMILES string of the molecule is CC1(Cc2cccc(C(N)=O)c2)C(=O)Nc2ccc(-c3ccc(F)cc3)cc21. The zero-order valence-electron chi connectivity index (χ0n) is 15.3. The van der Waals surface area contributed by atoms with Gasteiger partial charge in [-0.05, 0) is 72.0 Å². The van der Waals surface area contributed by atoms with Gasteiger partial charge in [-0.3, -0.25) is 9.59 Å². The summed E-state index contributed by atoms with van der Waals surface area (Å²) in [6.45, 7) is 1.89. The zero-order chi connectivity index (χ0) is 19.9. The highest BCUT2D eigenvalue weighted by atomic mass is 19.1. The van der Waals surface area contributed by atoms with Crippen molar-refractivity contribution in [2.45, 2.75) is 18.8 Å². The summed E-state index contributed by atoms with van der Waals surface area (Å²) in [7, 11) is 0. The maximum atomic E-state index is 13.2. The molecule has 2 amide bonds. The third kappa shape index (κ3) is 3.05. The van der Waals surface area contributed by atoms with E-state index in [1.54, 1.807) is 30.3 Å². The molecule has 0 saturated heterocycles. The average molecular weight is 374 g/mol. The molecule has 140 valence electrons. The number of primary amides is 1. The quantitative estimate of drug-likeness (QED) is 0.723. The van der Waals surface area contributed by atoms with Gasteiger partial charge in [-0.15, -0.1) is 0 Å². The molecule has 4 nitrogen and oxygen atoms in total. The van der Waals surface area contributed by atoms with Crippen LogP contribution in [-0.4, -0.2) is 11.8 Å². The first-order chi connectivity index (χ1) is 13.4. The Morgan fingerprint density at radius 1 is 1.04 bits per heavy atom. The summed E-state index contributed by atoms with van der Waals surface area (Å²) in [5.74, 6) is -0.883. The zero-order valence-corrected chi connectivity index (χ0v) is 15.3. The number of anilines is 1. The van der Waals surface area contributed by atoms with E-state index in [1.807, 2.05) is 31.2 Å². The van der Waals surface area contributed by atoms with Gasteiger partial charge in [0.25, 0.3) is 0 Å². The maximum absolute atomic E-state index is 13.2. The number of rotatable bonds is 4. The van der Waals surface area contributed by atoms with E-state index < -0.39 is 11.3 Å². The first-order valence-electron chi connectivity index (χ1n) is 8.97. The first kappa shape index (κ1) is 17.9. The van der Waals surface area contributed by atoms with E-state index >= 15 is 0 Å². The number of carbonyl (C=O) groups is 2. The van der Waals surface area contributed by atoms with Gasteiger partial charge < -0.3 is 11.1 Å². The molecule has 0 spiro atoms. The fraction of sp³-hybridized carbons (Fsp3) is 0.130. The minimum atomic E-state index is -0.790. The molecule has 3 N–H and O–H groups in total. The smallest absolute Gasteiger partial charge is 0.248 e. The number of fused-ring (bicyclic) bond motifs is 1. The molecule has 1 aliphatic heterocycles. The Kier molecular flexibility index (Phi) is 4.23. The van der Waals surface area contributed by atoms with E-state index in [0.29, 0.717) is 12.0 Å². The molecular formula is C23H19FN2O2. The molecule has 5 heteroatoms. The topological polar surface area (TPSA) is 72.2 Å². The lowest BCUT2D eigenvalue weighted by atomic mass is 9.77. The number of nitrogens with two attached hydrogens (primary N) is 1. The molecule has 1 aliphatic rings. The van der Waals surface area contributed by atoms with Crippen LogP contribution in [0.5, 0.6) is 0 Å². The van der Waals surface area contributed by atoms with Crippen molar-refractivity contribution in [2.75, 3.05) is 5.32 Å². The van der Waals surface area contributed by atoms with Gasteiger partial charge in [0, 0.05) is 11.3 Å². The number of benzene rings is 3. The maximum Gasteiger partial charge on any atom is 0.248 e. The van der Waals surface area contributed by atoms with Crippen LogP contribution in [0.2, 0.25) is 0 Å². The fourth-order valence-electron chi connectivity index (χ4n) is 3.73.